The predicted molar refractivity (Wildman–Crippen MR) is 136 cm³/mol. The third-order valence-electron chi connectivity index (χ3n) is 5.16. The van der Waals surface area contributed by atoms with Crippen LogP contribution in [0.2, 0.25) is 0 Å². The summed E-state index contributed by atoms with van der Waals surface area (Å²) in [5.41, 5.74) is 1.37. The number of carbonyl (C=O) groups is 1. The summed E-state index contributed by atoms with van der Waals surface area (Å²) in [6.45, 7) is 13.1. The van der Waals surface area contributed by atoms with Crippen LogP contribution in [-0.4, -0.2) is 42.9 Å². The lowest BCUT2D eigenvalue weighted by molar-refractivity contribution is -0.384. The maximum Gasteiger partial charge on any atom is 0.360 e. The van der Waals surface area contributed by atoms with Crippen molar-refractivity contribution in [1.82, 2.24) is 5.32 Å². The summed E-state index contributed by atoms with van der Waals surface area (Å²) in [5, 5.41) is 14.9. The van der Waals surface area contributed by atoms with Crippen molar-refractivity contribution in [3.05, 3.63) is 62.2 Å². The molecule has 0 fully saturated rings. The summed E-state index contributed by atoms with van der Waals surface area (Å²) >= 11 is 0. The van der Waals surface area contributed by atoms with Crippen LogP contribution in [0.5, 0.6) is 0 Å². The van der Waals surface area contributed by atoms with Crippen molar-refractivity contribution in [3.63, 3.8) is 0 Å². The van der Waals surface area contributed by atoms with Gasteiger partial charge in [0.05, 0.1) is 40.5 Å². The monoisotopic (exact) mass is 524 g/mol. The second kappa shape index (κ2) is 13.1. The van der Waals surface area contributed by atoms with Crippen molar-refractivity contribution in [2.75, 3.05) is 19.8 Å². The van der Waals surface area contributed by atoms with Gasteiger partial charge in [0.25, 0.3) is 5.69 Å². The number of carbonyl (C=O) groups excluding carboxylic acids is 1. The molecule has 36 heavy (non-hydrogen) atoms. The van der Waals surface area contributed by atoms with E-state index in [0.717, 1.165) is 6.42 Å². The first kappa shape index (κ1) is 29.7. The van der Waals surface area contributed by atoms with E-state index in [4.69, 9.17) is 18.5 Å². The summed E-state index contributed by atoms with van der Waals surface area (Å²) in [7, 11) is -3.99. The van der Waals surface area contributed by atoms with E-state index in [1.54, 1.807) is 47.6 Å². The van der Waals surface area contributed by atoms with Gasteiger partial charge in [-0.3, -0.25) is 14.7 Å². The van der Waals surface area contributed by atoms with Gasteiger partial charge in [0.15, 0.2) is 0 Å². The maximum absolute atomic E-state index is 14.3. The van der Waals surface area contributed by atoms with E-state index in [2.05, 4.69) is 5.32 Å². The highest BCUT2D eigenvalue weighted by Gasteiger charge is 2.46. The Morgan fingerprint density at radius 1 is 1.08 bits per heavy atom. The van der Waals surface area contributed by atoms with Crippen LogP contribution in [0.25, 0.3) is 0 Å². The molecule has 1 heterocycles. The zero-order valence-corrected chi connectivity index (χ0v) is 22.9. The minimum absolute atomic E-state index is 0.0257. The molecule has 2 rings (SSSR count). The Bertz CT molecular complexity index is 1050. The normalized spacial score (nSPS) is 16.5. The summed E-state index contributed by atoms with van der Waals surface area (Å²) < 4.78 is 37.0. The van der Waals surface area contributed by atoms with Crippen molar-refractivity contribution in [3.8, 4) is 0 Å². The van der Waals surface area contributed by atoms with Crippen LogP contribution >= 0.6 is 7.60 Å². The summed E-state index contributed by atoms with van der Waals surface area (Å²) in [4.78, 5) is 24.4. The number of allylic oxidation sites excluding steroid dienone is 3. The van der Waals surface area contributed by atoms with Crippen LogP contribution in [0.15, 0.2) is 46.5 Å². The molecule has 1 aliphatic rings. The first-order valence-electron chi connectivity index (χ1n) is 12.1. The second-order valence-corrected chi connectivity index (χ2v) is 10.9. The molecule has 1 atom stereocenters. The molecular weight excluding hydrogens is 487 g/mol. The molecule has 0 amide bonds. The SMILES string of the molecule is CCCOCCOC(=O)C1=C(C)NC(C)=C(P(=O)(OC(C)C)OC(C)C)C1c1cccc([N+](=O)[O-])c1. The third-order valence-corrected chi connectivity index (χ3v) is 7.75. The second-order valence-electron chi connectivity index (χ2n) is 9.01. The molecule has 1 aromatic carbocycles. The van der Waals surface area contributed by atoms with Gasteiger partial charge in [0.2, 0.25) is 0 Å². The quantitative estimate of drug-likeness (QED) is 0.112. The number of non-ortho nitro benzene ring substituents is 1. The van der Waals surface area contributed by atoms with E-state index in [1.807, 2.05) is 6.92 Å². The van der Waals surface area contributed by atoms with Crippen molar-refractivity contribution in [2.45, 2.75) is 73.0 Å². The molecule has 0 spiro atoms. The average Bonchev–Trinajstić information content (AvgIpc) is 2.77. The van der Waals surface area contributed by atoms with Crippen LogP contribution in [0.1, 0.15) is 66.4 Å². The fourth-order valence-corrected chi connectivity index (χ4v) is 6.42. The molecule has 10 nitrogen and oxygen atoms in total. The lowest BCUT2D eigenvalue weighted by atomic mass is 9.86. The van der Waals surface area contributed by atoms with E-state index >= 15 is 0 Å². The molecule has 0 bridgehead atoms. The highest BCUT2D eigenvalue weighted by molar-refractivity contribution is 7.58. The van der Waals surface area contributed by atoms with Crippen LogP contribution in [-0.2, 0) is 27.9 Å². The fourth-order valence-electron chi connectivity index (χ4n) is 3.97. The number of nitro benzene ring substituents is 1. The summed E-state index contributed by atoms with van der Waals surface area (Å²) in [5.74, 6) is -1.61. The number of esters is 1. The van der Waals surface area contributed by atoms with Gasteiger partial charge < -0.3 is 23.8 Å². The van der Waals surface area contributed by atoms with Crippen LogP contribution < -0.4 is 5.32 Å². The molecule has 0 aliphatic carbocycles. The summed E-state index contributed by atoms with van der Waals surface area (Å²) in [6.07, 6.45) is -0.0803. The first-order valence-corrected chi connectivity index (χ1v) is 13.6. The number of nitrogens with one attached hydrogen (secondary N) is 1. The average molecular weight is 525 g/mol. The molecule has 1 aliphatic heterocycles. The molecule has 1 unspecified atom stereocenters. The number of benzene rings is 1. The van der Waals surface area contributed by atoms with Gasteiger partial charge in [0, 0.05) is 30.1 Å². The predicted octanol–water partition coefficient (Wildman–Crippen LogP) is 5.80. The molecule has 0 saturated heterocycles. The van der Waals surface area contributed by atoms with Crippen LogP contribution in [0, 0.1) is 10.1 Å². The molecule has 1 N–H and O–H groups in total. The van der Waals surface area contributed by atoms with Gasteiger partial charge in [-0.2, -0.15) is 0 Å². The number of nitrogens with zero attached hydrogens (tertiary/aromatic N) is 1. The number of ether oxygens (including phenoxy) is 2. The molecule has 0 saturated carbocycles. The third kappa shape index (κ3) is 7.49. The maximum atomic E-state index is 14.3. The molecule has 11 heteroatoms. The standard InChI is InChI=1S/C25H37N2O8P/c1-8-12-32-13-14-33-25(28)22-18(6)26-19(7)24(36(31,34-16(2)3)35-17(4)5)23(22)20-10-9-11-21(15-20)27(29)30/h9-11,15-17,23,26H,8,12-14H2,1-7H3. The number of hydrogen-bond donors (Lipinski definition) is 1. The van der Waals surface area contributed by atoms with Gasteiger partial charge in [0.1, 0.15) is 6.61 Å². The highest BCUT2D eigenvalue weighted by Crippen LogP contribution is 2.65. The Labute approximate surface area is 212 Å². The van der Waals surface area contributed by atoms with Crippen molar-refractivity contribution < 1.29 is 32.8 Å². The van der Waals surface area contributed by atoms with E-state index < -0.39 is 36.6 Å². The van der Waals surface area contributed by atoms with Crippen molar-refractivity contribution >= 4 is 19.3 Å². The number of rotatable bonds is 13. The largest absolute Gasteiger partial charge is 0.460 e. The van der Waals surface area contributed by atoms with Gasteiger partial charge >= 0.3 is 13.6 Å². The van der Waals surface area contributed by atoms with E-state index in [-0.39, 0.29) is 29.8 Å². The molecule has 200 valence electrons. The zero-order chi connectivity index (χ0) is 27.0. The first-order chi connectivity index (χ1) is 16.9. The van der Waals surface area contributed by atoms with E-state index in [1.165, 1.54) is 18.2 Å². The van der Waals surface area contributed by atoms with Crippen molar-refractivity contribution in [1.29, 1.82) is 0 Å². The van der Waals surface area contributed by atoms with Gasteiger partial charge in [-0.15, -0.1) is 0 Å². The van der Waals surface area contributed by atoms with Crippen molar-refractivity contribution in [2.24, 2.45) is 0 Å². The molecule has 0 radical (unpaired) electrons. The topological polar surface area (TPSA) is 126 Å². The molecule has 1 aromatic rings. The Balaban J connectivity index is 2.66. The van der Waals surface area contributed by atoms with Gasteiger partial charge in [-0.25, -0.2) is 4.79 Å². The number of hydrogen-bond acceptors (Lipinski definition) is 9. The summed E-state index contributed by atoms with van der Waals surface area (Å²) in [6, 6.07) is 5.89. The van der Waals surface area contributed by atoms with E-state index in [0.29, 0.717) is 23.6 Å². The number of nitro groups is 1. The number of dihydropyridines is 1. The highest BCUT2D eigenvalue weighted by atomic mass is 31.2. The smallest absolute Gasteiger partial charge is 0.360 e. The fraction of sp³-hybridized carbons (Fsp3) is 0.560. The van der Waals surface area contributed by atoms with Crippen LogP contribution in [0.4, 0.5) is 5.69 Å². The lowest BCUT2D eigenvalue weighted by Crippen LogP contribution is -2.30. The van der Waals surface area contributed by atoms with Crippen LogP contribution in [0.3, 0.4) is 0 Å². The minimum Gasteiger partial charge on any atom is -0.460 e. The minimum atomic E-state index is -3.99. The Hall–Kier alpha value is -2.52. The van der Waals surface area contributed by atoms with E-state index in [9.17, 15) is 19.5 Å². The molecular formula is C25H37N2O8P. The molecule has 0 aromatic heterocycles. The lowest BCUT2D eigenvalue weighted by Gasteiger charge is -2.35. The Morgan fingerprint density at radius 2 is 1.72 bits per heavy atom. The Kier molecular flexibility index (Phi) is 10.8. The van der Waals surface area contributed by atoms with Gasteiger partial charge in [-0.1, -0.05) is 19.1 Å². The Morgan fingerprint density at radius 3 is 2.28 bits per heavy atom. The zero-order valence-electron chi connectivity index (χ0n) is 22.0. The van der Waals surface area contributed by atoms with Gasteiger partial charge in [-0.05, 0) is 53.5 Å².